The molecule has 0 amide bonds. The van der Waals surface area contributed by atoms with Crippen LogP contribution < -0.4 is 0 Å². The minimum Gasteiger partial charge on any atom is -0.390 e. The molecule has 0 heterocycles. The van der Waals surface area contributed by atoms with Crippen molar-refractivity contribution in [1.29, 1.82) is 0 Å². The summed E-state index contributed by atoms with van der Waals surface area (Å²) < 4.78 is 0. The Morgan fingerprint density at radius 3 is 2.50 bits per heavy atom. The van der Waals surface area contributed by atoms with Crippen molar-refractivity contribution in [3.05, 3.63) is 23.8 Å². The molecule has 0 aromatic heterocycles. The van der Waals surface area contributed by atoms with Gasteiger partial charge in [0.15, 0.2) is 0 Å². The van der Waals surface area contributed by atoms with Gasteiger partial charge in [-0.2, -0.15) is 0 Å². The number of hydrogen-bond donors (Lipinski definition) is 2. The van der Waals surface area contributed by atoms with Crippen LogP contribution in [0.2, 0.25) is 0 Å². The van der Waals surface area contributed by atoms with Gasteiger partial charge in [-0.1, -0.05) is 52.8 Å². The summed E-state index contributed by atoms with van der Waals surface area (Å²) in [4.78, 5) is 0. The molecule has 2 N–H and O–H groups in total. The van der Waals surface area contributed by atoms with Gasteiger partial charge in [0, 0.05) is 0 Å². The van der Waals surface area contributed by atoms with E-state index < -0.39 is 12.2 Å². The fraction of sp³-hybridized carbons (Fsp3) is 0.857. The number of allylic oxidation sites excluding steroid dienone is 2. The first-order valence-corrected chi connectivity index (χ1v) is 12.8. The Balaban J connectivity index is 1.51. The molecule has 0 aromatic rings. The predicted octanol–water partition coefficient (Wildman–Crippen LogP) is 6.53. The molecule has 30 heavy (non-hydrogen) atoms. The van der Waals surface area contributed by atoms with Crippen molar-refractivity contribution in [2.45, 2.75) is 105 Å². The van der Waals surface area contributed by atoms with Crippen LogP contribution >= 0.6 is 0 Å². The summed E-state index contributed by atoms with van der Waals surface area (Å²) in [6, 6.07) is 0. The normalized spacial score (nSPS) is 46.6. The second-order valence-corrected chi connectivity index (χ2v) is 12.3. The summed E-state index contributed by atoms with van der Waals surface area (Å²) in [5, 5.41) is 20.9. The Morgan fingerprint density at radius 2 is 1.80 bits per heavy atom. The highest BCUT2D eigenvalue weighted by Gasteiger charge is 2.60. The molecule has 9 atom stereocenters. The first-order valence-electron chi connectivity index (χ1n) is 12.8. The highest BCUT2D eigenvalue weighted by molar-refractivity contribution is 5.29. The molecule has 4 rings (SSSR count). The zero-order valence-corrected chi connectivity index (χ0v) is 20.2. The van der Waals surface area contributed by atoms with Gasteiger partial charge in [0.2, 0.25) is 0 Å². The van der Waals surface area contributed by atoms with Crippen LogP contribution in [0.5, 0.6) is 0 Å². The summed E-state index contributed by atoms with van der Waals surface area (Å²) >= 11 is 0. The molecule has 4 aliphatic rings. The quantitative estimate of drug-likeness (QED) is 0.502. The lowest BCUT2D eigenvalue weighted by atomic mass is 9.46. The Kier molecular flexibility index (Phi) is 6.08. The van der Waals surface area contributed by atoms with E-state index in [9.17, 15) is 10.2 Å². The van der Waals surface area contributed by atoms with Gasteiger partial charge in [0.1, 0.15) is 6.10 Å². The molecular weight excluding hydrogens is 368 g/mol. The highest BCUT2D eigenvalue weighted by atomic mass is 16.3. The molecule has 0 aliphatic heterocycles. The molecule has 0 spiro atoms. The fourth-order valence-corrected chi connectivity index (χ4v) is 8.60. The topological polar surface area (TPSA) is 40.5 Å². The van der Waals surface area contributed by atoms with Crippen LogP contribution in [0.25, 0.3) is 0 Å². The molecule has 0 saturated heterocycles. The van der Waals surface area contributed by atoms with Gasteiger partial charge in [-0.05, 0) is 110 Å². The average Bonchev–Trinajstić information content (AvgIpc) is 3.06. The van der Waals surface area contributed by atoms with Crippen LogP contribution in [-0.2, 0) is 0 Å². The minimum atomic E-state index is -0.636. The molecule has 3 fully saturated rings. The SMILES string of the molecule is C=C(CCC(C)C1CCC2C3CC=C4C(O)C(O)CCC4(C)C3CCC12C)C(C)C. The van der Waals surface area contributed by atoms with E-state index in [-0.39, 0.29) is 5.41 Å². The molecule has 0 bridgehead atoms. The van der Waals surface area contributed by atoms with E-state index in [1.807, 2.05) is 0 Å². The monoisotopic (exact) mass is 414 g/mol. The van der Waals surface area contributed by atoms with Crippen LogP contribution in [0.3, 0.4) is 0 Å². The van der Waals surface area contributed by atoms with Crippen LogP contribution in [0.15, 0.2) is 23.8 Å². The zero-order chi connectivity index (χ0) is 21.8. The Hall–Kier alpha value is -0.600. The average molecular weight is 415 g/mol. The number of fused-ring (bicyclic) bond motifs is 5. The lowest BCUT2D eigenvalue weighted by Crippen LogP contribution is -2.53. The van der Waals surface area contributed by atoms with Crippen molar-refractivity contribution in [2.24, 2.45) is 46.3 Å². The summed E-state index contributed by atoms with van der Waals surface area (Å²) in [5.74, 6) is 4.52. The Morgan fingerprint density at radius 1 is 1.07 bits per heavy atom. The first kappa shape index (κ1) is 22.6. The summed E-state index contributed by atoms with van der Waals surface area (Å²) in [6.45, 7) is 16.4. The van der Waals surface area contributed by atoms with Crippen molar-refractivity contribution in [1.82, 2.24) is 0 Å². The minimum absolute atomic E-state index is 0.0988. The molecule has 0 aromatic carbocycles. The summed E-state index contributed by atoms with van der Waals surface area (Å²) in [7, 11) is 0. The van der Waals surface area contributed by atoms with Gasteiger partial charge in [-0.25, -0.2) is 0 Å². The Bertz CT molecular complexity index is 693. The maximum absolute atomic E-state index is 10.7. The van der Waals surface area contributed by atoms with E-state index in [4.69, 9.17) is 0 Å². The third-order valence-electron chi connectivity index (χ3n) is 10.7. The van der Waals surface area contributed by atoms with Crippen LogP contribution in [0.1, 0.15) is 92.4 Å². The molecule has 9 unspecified atom stereocenters. The third kappa shape index (κ3) is 3.45. The summed E-state index contributed by atoms with van der Waals surface area (Å²) in [6.07, 6.45) is 12.0. The van der Waals surface area contributed by atoms with Crippen LogP contribution in [-0.4, -0.2) is 22.4 Å². The molecule has 170 valence electrons. The molecule has 3 saturated carbocycles. The highest BCUT2D eigenvalue weighted by Crippen LogP contribution is 2.67. The van der Waals surface area contributed by atoms with Crippen molar-refractivity contribution < 1.29 is 10.2 Å². The standard InChI is InChI=1S/C28H46O2/c1-17(2)18(3)7-8-19(4)21-11-12-22-20-9-10-24-26(30)25(29)14-16-28(24,6)23(20)13-15-27(21,22)5/h10,17,19-23,25-26,29-30H,3,7-9,11-16H2,1-2,4-6H3. The van der Waals surface area contributed by atoms with Gasteiger partial charge in [0.05, 0.1) is 6.10 Å². The van der Waals surface area contributed by atoms with Gasteiger partial charge >= 0.3 is 0 Å². The number of aliphatic hydroxyl groups excluding tert-OH is 2. The van der Waals surface area contributed by atoms with Gasteiger partial charge in [0.25, 0.3) is 0 Å². The second kappa shape index (κ2) is 8.07. The van der Waals surface area contributed by atoms with Gasteiger partial charge in [-0.3, -0.25) is 0 Å². The first-order chi connectivity index (χ1) is 14.1. The van der Waals surface area contributed by atoms with Crippen molar-refractivity contribution in [3.63, 3.8) is 0 Å². The van der Waals surface area contributed by atoms with E-state index in [0.29, 0.717) is 17.3 Å². The maximum atomic E-state index is 10.7. The lowest BCUT2D eigenvalue weighted by molar-refractivity contribution is -0.0800. The van der Waals surface area contributed by atoms with E-state index >= 15 is 0 Å². The smallest absolute Gasteiger partial charge is 0.101 e. The van der Waals surface area contributed by atoms with E-state index in [0.717, 1.165) is 42.9 Å². The number of aliphatic hydroxyl groups is 2. The fourth-order valence-electron chi connectivity index (χ4n) is 8.60. The Labute approximate surface area is 185 Å². The maximum Gasteiger partial charge on any atom is 0.101 e. The van der Waals surface area contributed by atoms with Crippen molar-refractivity contribution in [3.8, 4) is 0 Å². The van der Waals surface area contributed by atoms with Crippen molar-refractivity contribution in [2.75, 3.05) is 0 Å². The van der Waals surface area contributed by atoms with E-state index in [2.05, 4.69) is 47.3 Å². The van der Waals surface area contributed by atoms with Gasteiger partial charge < -0.3 is 10.2 Å². The number of rotatable bonds is 5. The molecule has 4 aliphatic carbocycles. The lowest BCUT2D eigenvalue weighted by Gasteiger charge is -2.59. The molecule has 0 radical (unpaired) electrons. The second-order valence-electron chi connectivity index (χ2n) is 12.3. The molecule has 2 nitrogen and oxygen atoms in total. The largest absolute Gasteiger partial charge is 0.390 e. The third-order valence-corrected chi connectivity index (χ3v) is 10.7. The van der Waals surface area contributed by atoms with Crippen LogP contribution in [0.4, 0.5) is 0 Å². The van der Waals surface area contributed by atoms with E-state index in [1.165, 1.54) is 49.7 Å². The zero-order valence-electron chi connectivity index (χ0n) is 20.2. The van der Waals surface area contributed by atoms with Crippen LogP contribution in [0, 0.1) is 46.3 Å². The molecular formula is C28H46O2. The summed E-state index contributed by atoms with van der Waals surface area (Å²) in [5.41, 5.74) is 3.16. The molecule has 2 heteroatoms. The predicted molar refractivity (Wildman–Crippen MR) is 125 cm³/mol. The number of hydrogen-bond acceptors (Lipinski definition) is 2. The van der Waals surface area contributed by atoms with Crippen molar-refractivity contribution >= 4 is 0 Å². The van der Waals surface area contributed by atoms with E-state index in [1.54, 1.807) is 0 Å². The van der Waals surface area contributed by atoms with Gasteiger partial charge in [-0.15, -0.1) is 0 Å².